The second-order valence-electron chi connectivity index (χ2n) is 2.16. The van der Waals surface area contributed by atoms with Crippen molar-refractivity contribution in [1.82, 2.24) is 15.2 Å². The fraction of sp³-hybridized carbons (Fsp3) is 0.333. The molecule has 1 aromatic rings. The SMILES string of the molecule is Cc1nnc(C(N)=O)c(C)n1. The van der Waals surface area contributed by atoms with Gasteiger partial charge in [-0.25, -0.2) is 4.98 Å². The molecule has 0 aliphatic rings. The van der Waals surface area contributed by atoms with E-state index in [2.05, 4.69) is 15.2 Å². The normalized spacial score (nSPS) is 9.64. The Labute approximate surface area is 63.7 Å². The van der Waals surface area contributed by atoms with Crippen LogP contribution in [-0.2, 0) is 0 Å². The smallest absolute Gasteiger partial charge is 0.271 e. The second kappa shape index (κ2) is 2.61. The molecule has 0 atom stereocenters. The molecule has 0 aliphatic heterocycles. The average molecular weight is 152 g/mol. The highest BCUT2D eigenvalue weighted by Crippen LogP contribution is 1.97. The number of hydrogen-bond donors (Lipinski definition) is 1. The number of hydrogen-bond acceptors (Lipinski definition) is 4. The number of carbonyl (C=O) groups excluding carboxylic acids is 1. The number of aryl methyl sites for hydroxylation is 2. The lowest BCUT2D eigenvalue weighted by Crippen LogP contribution is -2.17. The highest BCUT2D eigenvalue weighted by molar-refractivity contribution is 5.91. The Bertz CT molecular complexity index is 297. The summed E-state index contributed by atoms with van der Waals surface area (Å²) in [4.78, 5) is 14.5. The topological polar surface area (TPSA) is 81.8 Å². The van der Waals surface area contributed by atoms with Crippen LogP contribution in [0.2, 0.25) is 0 Å². The van der Waals surface area contributed by atoms with Gasteiger partial charge in [0.25, 0.3) is 5.91 Å². The first-order valence-electron chi connectivity index (χ1n) is 3.09. The van der Waals surface area contributed by atoms with E-state index >= 15 is 0 Å². The van der Waals surface area contributed by atoms with Crippen molar-refractivity contribution in [3.05, 3.63) is 17.2 Å². The van der Waals surface area contributed by atoms with Crippen molar-refractivity contribution in [1.29, 1.82) is 0 Å². The van der Waals surface area contributed by atoms with E-state index < -0.39 is 5.91 Å². The van der Waals surface area contributed by atoms with Gasteiger partial charge in [-0.3, -0.25) is 4.79 Å². The number of nitrogens with two attached hydrogens (primary N) is 1. The van der Waals surface area contributed by atoms with Gasteiger partial charge in [0.2, 0.25) is 0 Å². The van der Waals surface area contributed by atoms with E-state index in [1.54, 1.807) is 13.8 Å². The van der Waals surface area contributed by atoms with Crippen LogP contribution in [0.25, 0.3) is 0 Å². The predicted molar refractivity (Wildman–Crippen MR) is 37.8 cm³/mol. The van der Waals surface area contributed by atoms with E-state index in [1.807, 2.05) is 0 Å². The van der Waals surface area contributed by atoms with Crippen molar-refractivity contribution in [2.75, 3.05) is 0 Å². The number of nitrogens with zero attached hydrogens (tertiary/aromatic N) is 3. The summed E-state index contributed by atoms with van der Waals surface area (Å²) in [7, 11) is 0. The summed E-state index contributed by atoms with van der Waals surface area (Å²) in [5, 5.41) is 7.19. The molecule has 0 bridgehead atoms. The summed E-state index contributed by atoms with van der Waals surface area (Å²) in [5.74, 6) is -0.0602. The van der Waals surface area contributed by atoms with Crippen molar-refractivity contribution < 1.29 is 4.79 Å². The molecule has 1 amide bonds. The zero-order chi connectivity index (χ0) is 8.43. The molecule has 0 aromatic carbocycles. The monoisotopic (exact) mass is 152 g/mol. The first-order chi connectivity index (χ1) is 5.11. The number of rotatable bonds is 1. The van der Waals surface area contributed by atoms with Crippen molar-refractivity contribution in [2.24, 2.45) is 5.73 Å². The standard InChI is InChI=1S/C6H8N4O/c1-3-5(6(7)11)10-9-4(2)8-3/h1-2H3,(H2,7,11). The molecule has 1 aromatic heterocycles. The fourth-order valence-corrected chi connectivity index (χ4v) is 0.740. The van der Waals surface area contributed by atoms with Crippen LogP contribution < -0.4 is 5.73 Å². The van der Waals surface area contributed by atoms with Crippen LogP contribution in [0.1, 0.15) is 22.0 Å². The Morgan fingerprint density at radius 3 is 2.45 bits per heavy atom. The van der Waals surface area contributed by atoms with Crippen molar-refractivity contribution in [3.8, 4) is 0 Å². The third kappa shape index (κ3) is 1.49. The molecule has 0 radical (unpaired) electrons. The predicted octanol–water partition coefficient (Wildman–Crippen LogP) is -0.413. The third-order valence-electron chi connectivity index (χ3n) is 1.20. The average Bonchev–Trinajstić information content (AvgIpc) is 1.85. The van der Waals surface area contributed by atoms with Crippen molar-refractivity contribution in [3.63, 3.8) is 0 Å². The fourth-order valence-electron chi connectivity index (χ4n) is 0.740. The molecule has 5 nitrogen and oxygen atoms in total. The molecule has 0 unspecified atom stereocenters. The largest absolute Gasteiger partial charge is 0.364 e. The molecule has 58 valence electrons. The molecule has 0 aliphatic carbocycles. The lowest BCUT2D eigenvalue weighted by atomic mass is 10.3. The molecular weight excluding hydrogens is 144 g/mol. The third-order valence-corrected chi connectivity index (χ3v) is 1.20. The van der Waals surface area contributed by atoms with Crippen LogP contribution in [0.5, 0.6) is 0 Å². The Morgan fingerprint density at radius 1 is 1.36 bits per heavy atom. The second-order valence-corrected chi connectivity index (χ2v) is 2.16. The molecule has 11 heavy (non-hydrogen) atoms. The number of primary amides is 1. The molecule has 0 spiro atoms. The summed E-state index contributed by atoms with van der Waals surface area (Å²) < 4.78 is 0. The van der Waals surface area contributed by atoms with Gasteiger partial charge < -0.3 is 5.73 Å². The van der Waals surface area contributed by atoms with Crippen LogP contribution in [0.15, 0.2) is 0 Å². The lowest BCUT2D eigenvalue weighted by molar-refractivity contribution is 0.0993. The Morgan fingerprint density at radius 2 is 2.00 bits per heavy atom. The molecule has 5 heteroatoms. The molecule has 0 fully saturated rings. The minimum Gasteiger partial charge on any atom is -0.364 e. The van der Waals surface area contributed by atoms with Gasteiger partial charge >= 0.3 is 0 Å². The Kier molecular flexibility index (Phi) is 1.80. The molecule has 0 saturated carbocycles. The van der Waals surface area contributed by atoms with Crippen LogP contribution >= 0.6 is 0 Å². The number of aromatic nitrogens is 3. The highest BCUT2D eigenvalue weighted by Gasteiger charge is 2.07. The maximum Gasteiger partial charge on any atom is 0.271 e. The number of carbonyl (C=O) groups is 1. The minimum atomic E-state index is -0.595. The Balaban J connectivity index is 3.20. The van der Waals surface area contributed by atoms with E-state index in [4.69, 9.17) is 5.73 Å². The molecule has 0 saturated heterocycles. The van der Waals surface area contributed by atoms with Crippen molar-refractivity contribution in [2.45, 2.75) is 13.8 Å². The molecule has 1 heterocycles. The van der Waals surface area contributed by atoms with Gasteiger partial charge in [-0.15, -0.1) is 10.2 Å². The van der Waals surface area contributed by atoms with Gasteiger partial charge in [-0.05, 0) is 13.8 Å². The van der Waals surface area contributed by atoms with Gasteiger partial charge in [0, 0.05) is 0 Å². The molecule has 1 rings (SSSR count). The van der Waals surface area contributed by atoms with Crippen molar-refractivity contribution >= 4 is 5.91 Å². The van der Waals surface area contributed by atoms with E-state index in [0.717, 1.165) is 0 Å². The van der Waals surface area contributed by atoms with Gasteiger partial charge in [-0.2, -0.15) is 0 Å². The van der Waals surface area contributed by atoms with Crippen LogP contribution in [0.3, 0.4) is 0 Å². The quantitative estimate of drug-likeness (QED) is 0.592. The zero-order valence-electron chi connectivity index (χ0n) is 6.33. The van der Waals surface area contributed by atoms with Gasteiger partial charge in [0.05, 0.1) is 5.69 Å². The Hall–Kier alpha value is -1.52. The maximum absolute atomic E-state index is 10.6. The van der Waals surface area contributed by atoms with Crippen LogP contribution in [0, 0.1) is 13.8 Å². The number of amides is 1. The van der Waals surface area contributed by atoms with E-state index in [9.17, 15) is 4.79 Å². The first kappa shape index (κ1) is 7.59. The molecule has 2 N–H and O–H groups in total. The van der Waals surface area contributed by atoms with Gasteiger partial charge in [-0.1, -0.05) is 0 Å². The zero-order valence-corrected chi connectivity index (χ0v) is 6.33. The summed E-state index contributed by atoms with van der Waals surface area (Å²) in [6, 6.07) is 0. The summed E-state index contributed by atoms with van der Waals surface area (Å²) in [6.07, 6.45) is 0. The highest BCUT2D eigenvalue weighted by atomic mass is 16.1. The molecular formula is C6H8N4O. The summed E-state index contributed by atoms with van der Waals surface area (Å²) in [5.41, 5.74) is 5.64. The maximum atomic E-state index is 10.6. The summed E-state index contributed by atoms with van der Waals surface area (Å²) >= 11 is 0. The van der Waals surface area contributed by atoms with E-state index in [-0.39, 0.29) is 5.69 Å². The van der Waals surface area contributed by atoms with E-state index in [0.29, 0.717) is 11.5 Å². The summed E-state index contributed by atoms with van der Waals surface area (Å²) in [6.45, 7) is 3.37. The van der Waals surface area contributed by atoms with E-state index in [1.165, 1.54) is 0 Å². The lowest BCUT2D eigenvalue weighted by Gasteiger charge is -1.97. The first-order valence-corrected chi connectivity index (χ1v) is 3.09. The van der Waals surface area contributed by atoms with Crippen LogP contribution in [0.4, 0.5) is 0 Å². The van der Waals surface area contributed by atoms with Gasteiger partial charge in [0.1, 0.15) is 5.82 Å². The van der Waals surface area contributed by atoms with Crippen LogP contribution in [-0.4, -0.2) is 21.1 Å². The minimum absolute atomic E-state index is 0.135. The van der Waals surface area contributed by atoms with Gasteiger partial charge in [0.15, 0.2) is 5.69 Å².